The van der Waals surface area contributed by atoms with Crippen LogP contribution in [-0.4, -0.2) is 17.7 Å². The van der Waals surface area contributed by atoms with E-state index in [2.05, 4.69) is 5.32 Å². The molecule has 150 valence electrons. The van der Waals surface area contributed by atoms with Crippen LogP contribution < -0.4 is 10.2 Å². The fourth-order valence-electron chi connectivity index (χ4n) is 3.10. The lowest BCUT2D eigenvalue weighted by Gasteiger charge is -2.15. The number of hydrogen-bond donors (Lipinski definition) is 1. The second-order valence-electron chi connectivity index (χ2n) is 6.32. The molecule has 3 aromatic rings. The lowest BCUT2D eigenvalue weighted by atomic mass is 10.1. The van der Waals surface area contributed by atoms with Crippen LogP contribution in [0.2, 0.25) is 20.1 Å². The number of anilines is 2. The third-order valence-corrected chi connectivity index (χ3v) is 6.30. The van der Waals surface area contributed by atoms with Gasteiger partial charge in [0.05, 0.1) is 36.9 Å². The molecule has 1 N–H and O–H groups in total. The Hall–Kier alpha value is -2.57. The molecule has 0 aromatic heterocycles. The summed E-state index contributed by atoms with van der Waals surface area (Å²) < 4.78 is 0. The highest BCUT2D eigenvalue weighted by Gasteiger charge is 2.42. The topological polar surface area (TPSA) is 66.5 Å². The van der Waals surface area contributed by atoms with Gasteiger partial charge in [-0.1, -0.05) is 70.7 Å². The number of halogens is 4. The van der Waals surface area contributed by atoms with Crippen molar-refractivity contribution >= 4 is 75.5 Å². The molecule has 0 bridgehead atoms. The highest BCUT2D eigenvalue weighted by atomic mass is 35.5. The van der Waals surface area contributed by atoms with E-state index in [0.29, 0.717) is 11.3 Å². The Bertz CT molecular complexity index is 1180. The van der Waals surface area contributed by atoms with Crippen LogP contribution in [0.15, 0.2) is 54.6 Å². The molecular weight excluding hydrogens is 470 g/mol. The van der Waals surface area contributed by atoms with Crippen molar-refractivity contribution in [2.45, 2.75) is 0 Å². The number of carbonyl (C=O) groups excluding carboxylic acids is 3. The van der Waals surface area contributed by atoms with Gasteiger partial charge in [0.2, 0.25) is 0 Å². The van der Waals surface area contributed by atoms with Crippen molar-refractivity contribution < 1.29 is 14.4 Å². The average molecular weight is 480 g/mol. The summed E-state index contributed by atoms with van der Waals surface area (Å²) in [5.74, 6) is -1.71. The van der Waals surface area contributed by atoms with E-state index in [1.165, 1.54) is 6.07 Å². The van der Waals surface area contributed by atoms with Crippen LogP contribution in [0.4, 0.5) is 11.4 Å². The predicted octanol–water partition coefficient (Wildman–Crippen LogP) is 6.35. The van der Waals surface area contributed by atoms with Gasteiger partial charge in [-0.25, -0.2) is 4.90 Å². The number of imide groups is 1. The zero-order valence-corrected chi connectivity index (χ0v) is 17.9. The zero-order chi connectivity index (χ0) is 21.6. The molecule has 3 amide bonds. The summed E-state index contributed by atoms with van der Waals surface area (Å²) in [6.07, 6.45) is 0. The summed E-state index contributed by atoms with van der Waals surface area (Å²) in [6.45, 7) is 0. The Morgan fingerprint density at radius 2 is 1.30 bits per heavy atom. The van der Waals surface area contributed by atoms with Crippen LogP contribution in [0.5, 0.6) is 0 Å². The molecule has 0 saturated heterocycles. The Morgan fingerprint density at radius 3 is 1.87 bits per heavy atom. The van der Waals surface area contributed by atoms with Crippen LogP contribution in [0.1, 0.15) is 31.1 Å². The molecule has 1 heterocycles. The normalized spacial score (nSPS) is 12.9. The van der Waals surface area contributed by atoms with Crippen molar-refractivity contribution in [2.75, 3.05) is 10.2 Å². The van der Waals surface area contributed by atoms with E-state index < -0.39 is 11.8 Å². The van der Waals surface area contributed by atoms with E-state index in [9.17, 15) is 14.4 Å². The smallest absolute Gasteiger partial charge is 0.267 e. The molecule has 0 aliphatic carbocycles. The van der Waals surface area contributed by atoms with Gasteiger partial charge >= 0.3 is 0 Å². The minimum absolute atomic E-state index is 0.103. The molecule has 30 heavy (non-hydrogen) atoms. The maximum Gasteiger partial charge on any atom is 0.267 e. The van der Waals surface area contributed by atoms with E-state index in [1.54, 1.807) is 48.5 Å². The number of carbonyl (C=O) groups is 3. The highest BCUT2D eigenvalue weighted by Crippen LogP contribution is 2.45. The number of benzene rings is 3. The molecule has 0 radical (unpaired) electrons. The zero-order valence-electron chi connectivity index (χ0n) is 14.9. The highest BCUT2D eigenvalue weighted by molar-refractivity contribution is 6.56. The first-order valence-corrected chi connectivity index (χ1v) is 10.0. The summed E-state index contributed by atoms with van der Waals surface area (Å²) in [4.78, 5) is 39.2. The first-order chi connectivity index (χ1) is 14.3. The van der Waals surface area contributed by atoms with Gasteiger partial charge in [0.1, 0.15) is 0 Å². The van der Waals surface area contributed by atoms with Gasteiger partial charge in [0.25, 0.3) is 17.7 Å². The molecule has 0 fully saturated rings. The fourth-order valence-corrected chi connectivity index (χ4v) is 4.11. The van der Waals surface area contributed by atoms with E-state index in [-0.39, 0.29) is 42.8 Å². The quantitative estimate of drug-likeness (QED) is 0.270. The second kappa shape index (κ2) is 7.93. The Morgan fingerprint density at radius 1 is 0.733 bits per heavy atom. The number of hydrogen-bond acceptors (Lipinski definition) is 3. The molecule has 0 saturated carbocycles. The number of nitrogens with one attached hydrogen (secondary N) is 1. The molecule has 9 heteroatoms. The minimum Gasteiger partial charge on any atom is -0.322 e. The molecule has 0 unspecified atom stereocenters. The Kier molecular flexibility index (Phi) is 5.47. The van der Waals surface area contributed by atoms with E-state index >= 15 is 0 Å². The van der Waals surface area contributed by atoms with E-state index in [0.717, 1.165) is 4.90 Å². The van der Waals surface area contributed by atoms with Crippen molar-refractivity contribution in [1.82, 2.24) is 0 Å². The molecule has 0 spiro atoms. The molecule has 1 aliphatic heterocycles. The molecule has 3 aromatic carbocycles. The lowest BCUT2D eigenvalue weighted by molar-refractivity contribution is 0.0925. The van der Waals surface area contributed by atoms with E-state index in [4.69, 9.17) is 46.4 Å². The van der Waals surface area contributed by atoms with Crippen LogP contribution in [-0.2, 0) is 0 Å². The van der Waals surface area contributed by atoms with Crippen molar-refractivity contribution in [2.24, 2.45) is 0 Å². The maximum atomic E-state index is 13.0. The first kappa shape index (κ1) is 20.7. The molecule has 4 rings (SSSR count). The summed E-state index contributed by atoms with van der Waals surface area (Å²) >= 11 is 24.4. The number of amides is 3. The van der Waals surface area contributed by atoms with Gasteiger partial charge in [0, 0.05) is 11.3 Å². The summed E-state index contributed by atoms with van der Waals surface area (Å²) in [6, 6.07) is 14.9. The van der Waals surface area contributed by atoms with Crippen molar-refractivity contribution in [3.63, 3.8) is 0 Å². The Balaban J connectivity index is 1.70. The third-order valence-electron chi connectivity index (χ3n) is 4.50. The van der Waals surface area contributed by atoms with Crippen molar-refractivity contribution in [3.05, 3.63) is 91.4 Å². The van der Waals surface area contributed by atoms with Crippen molar-refractivity contribution in [1.29, 1.82) is 0 Å². The SMILES string of the molecule is O=C(Nc1cccc(N2C(=O)c3c(Cl)c(Cl)c(Cl)c(Cl)c3C2=O)c1)c1ccccc1. The van der Waals surface area contributed by atoms with Crippen molar-refractivity contribution in [3.8, 4) is 0 Å². The maximum absolute atomic E-state index is 13.0. The van der Waals surface area contributed by atoms with Crippen LogP contribution >= 0.6 is 46.4 Å². The molecule has 0 atom stereocenters. The standard InChI is InChI=1S/C21H10Cl4N2O3/c22-15-13-14(16(23)18(25)17(15)24)21(30)27(20(13)29)12-8-4-7-11(9-12)26-19(28)10-5-2-1-3-6-10/h1-9H,(H,26,28). The summed E-state index contributed by atoms with van der Waals surface area (Å²) in [7, 11) is 0. The average Bonchev–Trinajstić information content (AvgIpc) is 3.01. The lowest BCUT2D eigenvalue weighted by Crippen LogP contribution is -2.29. The predicted molar refractivity (Wildman–Crippen MR) is 118 cm³/mol. The summed E-state index contributed by atoms with van der Waals surface area (Å²) in [5, 5.41) is 2.24. The second-order valence-corrected chi connectivity index (χ2v) is 7.83. The third kappa shape index (κ3) is 3.34. The molecule has 5 nitrogen and oxygen atoms in total. The molecule has 1 aliphatic rings. The van der Waals surface area contributed by atoms with Gasteiger partial charge in [-0.3, -0.25) is 14.4 Å². The van der Waals surface area contributed by atoms with Gasteiger partial charge in [-0.05, 0) is 30.3 Å². The van der Waals surface area contributed by atoms with Gasteiger partial charge in [-0.15, -0.1) is 0 Å². The Labute approximate surface area is 191 Å². The van der Waals surface area contributed by atoms with Crippen LogP contribution in [0.3, 0.4) is 0 Å². The minimum atomic E-state index is -0.688. The van der Waals surface area contributed by atoms with Crippen LogP contribution in [0, 0.1) is 0 Å². The van der Waals surface area contributed by atoms with Crippen LogP contribution in [0.25, 0.3) is 0 Å². The van der Waals surface area contributed by atoms with E-state index in [1.807, 2.05) is 0 Å². The molecular formula is C21H10Cl4N2O3. The first-order valence-electron chi connectivity index (χ1n) is 8.52. The summed E-state index contributed by atoms with van der Waals surface area (Å²) in [5.41, 5.74) is 0.865. The fraction of sp³-hybridized carbons (Fsp3) is 0. The number of fused-ring (bicyclic) bond motifs is 1. The monoisotopic (exact) mass is 478 g/mol. The van der Waals surface area contributed by atoms with Gasteiger partial charge < -0.3 is 5.32 Å². The number of rotatable bonds is 3. The van der Waals surface area contributed by atoms with Gasteiger partial charge in [0.15, 0.2) is 0 Å². The number of nitrogens with zero attached hydrogens (tertiary/aromatic N) is 1. The van der Waals surface area contributed by atoms with Gasteiger partial charge in [-0.2, -0.15) is 0 Å². The largest absolute Gasteiger partial charge is 0.322 e.